The minimum absolute atomic E-state index is 0.0425. The van der Waals surface area contributed by atoms with Gasteiger partial charge in [0.15, 0.2) is 0 Å². The topological polar surface area (TPSA) is 70.2 Å². The van der Waals surface area contributed by atoms with Gasteiger partial charge in [-0.3, -0.25) is 4.79 Å². The number of amides is 1. The van der Waals surface area contributed by atoms with Gasteiger partial charge in [-0.2, -0.15) is 4.98 Å². The summed E-state index contributed by atoms with van der Waals surface area (Å²) in [4.78, 5) is 24.2. The maximum atomic E-state index is 12.8. The van der Waals surface area contributed by atoms with E-state index in [2.05, 4.69) is 82.1 Å². The Kier molecular flexibility index (Phi) is 6.07. The first-order valence-corrected chi connectivity index (χ1v) is 11.6. The number of carbonyl (C=O) groups is 1. The Balaban J connectivity index is 1.21. The second-order valence-electron chi connectivity index (χ2n) is 8.87. The summed E-state index contributed by atoms with van der Waals surface area (Å²) in [7, 11) is 0. The van der Waals surface area contributed by atoms with Gasteiger partial charge < -0.3 is 15.5 Å². The van der Waals surface area contributed by atoms with E-state index in [4.69, 9.17) is 4.98 Å². The van der Waals surface area contributed by atoms with Gasteiger partial charge in [-0.05, 0) is 61.1 Å². The highest BCUT2D eigenvalue weighted by Gasteiger charge is 2.26. The fourth-order valence-corrected chi connectivity index (χ4v) is 4.48. The van der Waals surface area contributed by atoms with Crippen molar-refractivity contribution in [1.82, 2.24) is 15.3 Å². The van der Waals surface area contributed by atoms with Gasteiger partial charge in [0.05, 0.1) is 5.92 Å². The van der Waals surface area contributed by atoms with Crippen LogP contribution >= 0.6 is 0 Å². The van der Waals surface area contributed by atoms with Crippen molar-refractivity contribution in [1.29, 1.82) is 0 Å². The third kappa shape index (κ3) is 5.06. The summed E-state index contributed by atoms with van der Waals surface area (Å²) >= 11 is 0. The number of aromatic nitrogens is 2. The molecule has 0 unspecified atom stereocenters. The molecule has 0 bridgehead atoms. The van der Waals surface area contributed by atoms with Crippen molar-refractivity contribution >= 4 is 29.4 Å². The molecule has 168 valence electrons. The molecule has 6 nitrogen and oxygen atoms in total. The van der Waals surface area contributed by atoms with Gasteiger partial charge in [0.2, 0.25) is 11.9 Å². The molecule has 0 radical (unpaired) electrons. The molecule has 0 saturated carbocycles. The van der Waals surface area contributed by atoms with Crippen molar-refractivity contribution in [3.63, 3.8) is 0 Å². The Hall–Kier alpha value is -3.67. The highest BCUT2D eigenvalue weighted by atomic mass is 16.1. The fraction of sp³-hybridized carbons (Fsp3) is 0.296. The molecule has 3 aromatic rings. The van der Waals surface area contributed by atoms with E-state index in [1.54, 1.807) is 6.20 Å². The number of allylic oxidation sites excluding steroid dienone is 1. The molecular weight excluding hydrogens is 410 g/mol. The van der Waals surface area contributed by atoms with Crippen molar-refractivity contribution < 1.29 is 4.79 Å². The van der Waals surface area contributed by atoms with E-state index in [1.165, 1.54) is 16.7 Å². The molecule has 1 amide bonds. The van der Waals surface area contributed by atoms with E-state index in [0.717, 1.165) is 42.9 Å². The molecule has 1 fully saturated rings. The van der Waals surface area contributed by atoms with E-state index < -0.39 is 0 Å². The average Bonchev–Trinajstić information content (AvgIpc) is 3.32. The maximum Gasteiger partial charge on any atom is 0.229 e. The van der Waals surface area contributed by atoms with Crippen LogP contribution in [0.4, 0.5) is 17.5 Å². The minimum Gasteiger partial charge on any atom is -0.356 e. The number of carbonyl (C=O) groups excluding carboxylic acids is 1. The fourth-order valence-electron chi connectivity index (χ4n) is 4.48. The third-order valence-electron chi connectivity index (χ3n) is 6.38. The second-order valence-corrected chi connectivity index (χ2v) is 8.87. The van der Waals surface area contributed by atoms with Crippen molar-refractivity contribution in [2.24, 2.45) is 5.92 Å². The summed E-state index contributed by atoms with van der Waals surface area (Å²) in [6.07, 6.45) is 8.96. The lowest BCUT2D eigenvalue weighted by atomic mass is 9.97. The second kappa shape index (κ2) is 9.45. The zero-order valence-corrected chi connectivity index (χ0v) is 18.9. The molecule has 1 saturated heterocycles. The Morgan fingerprint density at radius 3 is 2.91 bits per heavy atom. The van der Waals surface area contributed by atoms with E-state index in [9.17, 15) is 4.79 Å². The average molecular weight is 440 g/mol. The molecule has 2 aromatic carbocycles. The van der Waals surface area contributed by atoms with Crippen LogP contribution in [0.25, 0.3) is 6.08 Å². The Labute approximate surface area is 194 Å². The van der Waals surface area contributed by atoms with Crippen molar-refractivity contribution in [2.45, 2.75) is 32.7 Å². The van der Waals surface area contributed by atoms with Gasteiger partial charge in [0.1, 0.15) is 5.82 Å². The van der Waals surface area contributed by atoms with Crippen LogP contribution < -0.4 is 15.5 Å². The summed E-state index contributed by atoms with van der Waals surface area (Å²) < 4.78 is 0. The molecule has 0 spiro atoms. The molecule has 2 heterocycles. The first kappa shape index (κ1) is 21.2. The smallest absolute Gasteiger partial charge is 0.229 e. The summed E-state index contributed by atoms with van der Waals surface area (Å²) in [5, 5.41) is 6.44. The van der Waals surface area contributed by atoms with Crippen LogP contribution in [0.5, 0.6) is 0 Å². The van der Waals surface area contributed by atoms with Crippen LogP contribution in [0.2, 0.25) is 0 Å². The molecule has 2 N–H and O–H groups in total. The molecule has 1 aliphatic carbocycles. The lowest BCUT2D eigenvalue weighted by molar-refractivity contribution is -0.125. The number of anilines is 3. The molecule has 1 atom stereocenters. The number of hydrogen-bond donors (Lipinski definition) is 2. The zero-order chi connectivity index (χ0) is 22.6. The zero-order valence-electron chi connectivity index (χ0n) is 18.9. The van der Waals surface area contributed by atoms with Crippen LogP contribution in [0.15, 0.2) is 60.8 Å². The number of aryl methyl sites for hydroxylation is 1. The first-order valence-electron chi connectivity index (χ1n) is 11.6. The summed E-state index contributed by atoms with van der Waals surface area (Å²) in [6, 6.07) is 16.5. The van der Waals surface area contributed by atoms with Crippen LogP contribution in [0.1, 0.15) is 35.1 Å². The standard InChI is InChI=1S/C27H29N5O/c1-19-7-9-20(10-8-19)17-29-26(33)23-6-3-15-32(18-23)25-13-14-28-27(31-25)30-24-12-11-21-4-2-5-22(21)16-24/h2,5,7-14,16,23H,3-4,6,15,17-18H2,1H3,(H,29,33)(H,28,30,31)/t23-/m0/s1. The molecule has 1 aliphatic heterocycles. The van der Waals surface area contributed by atoms with Gasteiger partial charge >= 0.3 is 0 Å². The van der Waals surface area contributed by atoms with Crippen molar-refractivity contribution in [3.8, 4) is 0 Å². The number of fused-ring (bicyclic) bond motifs is 1. The van der Waals surface area contributed by atoms with E-state index in [1.807, 2.05) is 6.07 Å². The number of nitrogens with one attached hydrogen (secondary N) is 2. The highest BCUT2D eigenvalue weighted by Crippen LogP contribution is 2.26. The lowest BCUT2D eigenvalue weighted by Gasteiger charge is -2.33. The number of piperidine rings is 1. The number of nitrogens with zero attached hydrogens (tertiary/aromatic N) is 3. The van der Waals surface area contributed by atoms with E-state index in [0.29, 0.717) is 19.0 Å². The van der Waals surface area contributed by atoms with Crippen LogP contribution in [0, 0.1) is 12.8 Å². The number of rotatable bonds is 6. The van der Waals surface area contributed by atoms with Gasteiger partial charge in [0.25, 0.3) is 0 Å². The summed E-state index contributed by atoms with van der Waals surface area (Å²) in [5.74, 6) is 1.49. The largest absolute Gasteiger partial charge is 0.356 e. The molecule has 1 aromatic heterocycles. The van der Waals surface area contributed by atoms with Gasteiger partial charge in [-0.25, -0.2) is 4.98 Å². The number of benzene rings is 2. The summed E-state index contributed by atoms with van der Waals surface area (Å²) in [5.41, 5.74) is 5.90. The SMILES string of the molecule is Cc1ccc(CNC(=O)[C@H]2CCCN(c3ccnc(Nc4ccc5c(c4)C=CC5)n3)C2)cc1. The quantitative estimate of drug-likeness (QED) is 0.586. The molecule has 6 heteroatoms. The Morgan fingerprint density at radius 1 is 1.15 bits per heavy atom. The Bertz CT molecular complexity index is 1170. The molecule has 2 aliphatic rings. The van der Waals surface area contributed by atoms with Gasteiger partial charge in [-0.15, -0.1) is 0 Å². The van der Waals surface area contributed by atoms with Crippen LogP contribution in [0.3, 0.4) is 0 Å². The lowest BCUT2D eigenvalue weighted by Crippen LogP contribution is -2.43. The number of hydrogen-bond acceptors (Lipinski definition) is 5. The maximum absolute atomic E-state index is 12.8. The predicted molar refractivity (Wildman–Crippen MR) is 132 cm³/mol. The Morgan fingerprint density at radius 2 is 2.03 bits per heavy atom. The normalized spacial score (nSPS) is 17.0. The van der Waals surface area contributed by atoms with E-state index >= 15 is 0 Å². The first-order chi connectivity index (χ1) is 16.1. The molecular formula is C27H29N5O. The van der Waals surface area contributed by atoms with E-state index in [-0.39, 0.29) is 11.8 Å². The monoisotopic (exact) mass is 439 g/mol. The van der Waals surface area contributed by atoms with Crippen molar-refractivity contribution in [3.05, 3.63) is 83.1 Å². The van der Waals surface area contributed by atoms with Crippen LogP contribution in [-0.4, -0.2) is 29.0 Å². The minimum atomic E-state index is -0.0425. The molecule has 5 rings (SSSR count). The van der Waals surface area contributed by atoms with Crippen LogP contribution in [-0.2, 0) is 17.8 Å². The third-order valence-corrected chi connectivity index (χ3v) is 6.38. The van der Waals surface area contributed by atoms with Gasteiger partial charge in [-0.1, -0.05) is 48.0 Å². The predicted octanol–water partition coefficient (Wildman–Crippen LogP) is 4.63. The highest BCUT2D eigenvalue weighted by molar-refractivity contribution is 5.79. The van der Waals surface area contributed by atoms with Crippen molar-refractivity contribution in [2.75, 3.05) is 23.3 Å². The molecule has 33 heavy (non-hydrogen) atoms. The summed E-state index contributed by atoms with van der Waals surface area (Å²) in [6.45, 7) is 4.19. The van der Waals surface area contributed by atoms with Gasteiger partial charge in [0, 0.05) is 31.5 Å².